The van der Waals surface area contributed by atoms with E-state index in [0.717, 1.165) is 5.56 Å². The Morgan fingerprint density at radius 1 is 1.36 bits per heavy atom. The van der Waals surface area contributed by atoms with E-state index in [4.69, 9.17) is 5.73 Å². The summed E-state index contributed by atoms with van der Waals surface area (Å²) >= 11 is 0. The van der Waals surface area contributed by atoms with Gasteiger partial charge in [0.05, 0.1) is 5.69 Å². The Labute approximate surface area is 83.5 Å². The second kappa shape index (κ2) is 3.85. The van der Waals surface area contributed by atoms with Crippen molar-refractivity contribution in [2.75, 3.05) is 17.5 Å². The molecule has 1 rings (SSSR count). The van der Waals surface area contributed by atoms with Gasteiger partial charge in [0.1, 0.15) is 0 Å². The normalized spacial score (nSPS) is 11.3. The van der Waals surface area contributed by atoms with Crippen LogP contribution in [0.3, 0.4) is 0 Å². The van der Waals surface area contributed by atoms with Crippen LogP contribution >= 0.6 is 0 Å². The molecule has 1 aromatic rings. The molecule has 6 heteroatoms. The van der Waals surface area contributed by atoms with E-state index in [1.54, 1.807) is 18.2 Å². The molecule has 1 aromatic carbocycles. The van der Waals surface area contributed by atoms with E-state index >= 15 is 0 Å². The third kappa shape index (κ3) is 2.61. The van der Waals surface area contributed by atoms with Crippen LogP contribution in [0.15, 0.2) is 18.2 Å². The largest absolute Gasteiger partial charge is 0.399 e. The first-order valence-electron chi connectivity index (χ1n) is 4.02. The first-order valence-corrected chi connectivity index (χ1v) is 5.50. The fourth-order valence-electron chi connectivity index (χ4n) is 0.945. The third-order valence-corrected chi connectivity index (χ3v) is 2.83. The molecule has 5 nitrogen and oxygen atoms in total. The number of nitrogens with one attached hydrogen (secondary N) is 2. The van der Waals surface area contributed by atoms with Gasteiger partial charge in [-0.2, -0.15) is 8.42 Å². The molecule has 0 unspecified atom stereocenters. The van der Waals surface area contributed by atoms with E-state index in [-0.39, 0.29) is 0 Å². The van der Waals surface area contributed by atoms with Crippen LogP contribution in [0.5, 0.6) is 0 Å². The van der Waals surface area contributed by atoms with Gasteiger partial charge >= 0.3 is 0 Å². The zero-order valence-electron chi connectivity index (χ0n) is 8.03. The summed E-state index contributed by atoms with van der Waals surface area (Å²) < 4.78 is 26.7. The van der Waals surface area contributed by atoms with Crippen LogP contribution in [-0.4, -0.2) is 15.5 Å². The van der Waals surface area contributed by atoms with Gasteiger partial charge in [0, 0.05) is 12.7 Å². The number of nitrogens with two attached hydrogens (primary N) is 1. The Morgan fingerprint density at radius 2 is 2.00 bits per heavy atom. The van der Waals surface area contributed by atoms with E-state index in [2.05, 4.69) is 9.44 Å². The fraction of sp³-hybridized carbons (Fsp3) is 0.250. The van der Waals surface area contributed by atoms with E-state index in [1.807, 2.05) is 6.92 Å². The molecule has 0 aliphatic rings. The highest BCUT2D eigenvalue weighted by molar-refractivity contribution is 7.90. The Kier molecular flexibility index (Phi) is 2.97. The monoisotopic (exact) mass is 215 g/mol. The van der Waals surface area contributed by atoms with Crippen molar-refractivity contribution in [3.63, 3.8) is 0 Å². The van der Waals surface area contributed by atoms with E-state index in [9.17, 15) is 8.42 Å². The van der Waals surface area contributed by atoms with Crippen molar-refractivity contribution < 1.29 is 8.42 Å². The van der Waals surface area contributed by atoms with E-state index in [0.29, 0.717) is 11.4 Å². The molecule has 0 fully saturated rings. The molecule has 0 aliphatic carbocycles. The summed E-state index contributed by atoms with van der Waals surface area (Å²) in [6.45, 7) is 1.81. The summed E-state index contributed by atoms with van der Waals surface area (Å²) in [4.78, 5) is 0. The average Bonchev–Trinajstić information content (AvgIpc) is 2.11. The van der Waals surface area contributed by atoms with Crippen molar-refractivity contribution >= 4 is 21.6 Å². The lowest BCUT2D eigenvalue weighted by atomic mass is 10.2. The predicted octanol–water partition coefficient (Wildman–Crippen LogP) is 0.453. The van der Waals surface area contributed by atoms with Crippen LogP contribution < -0.4 is 15.2 Å². The Morgan fingerprint density at radius 3 is 2.50 bits per heavy atom. The summed E-state index contributed by atoms with van der Waals surface area (Å²) in [5, 5.41) is 0. The first-order chi connectivity index (χ1) is 6.44. The van der Waals surface area contributed by atoms with Gasteiger partial charge in [-0.1, -0.05) is 0 Å². The van der Waals surface area contributed by atoms with Crippen LogP contribution in [0.4, 0.5) is 11.4 Å². The van der Waals surface area contributed by atoms with Crippen LogP contribution in [-0.2, 0) is 10.2 Å². The van der Waals surface area contributed by atoms with Gasteiger partial charge in [-0.05, 0) is 30.7 Å². The highest BCUT2D eigenvalue weighted by atomic mass is 32.2. The summed E-state index contributed by atoms with van der Waals surface area (Å²) in [7, 11) is -2.10. The summed E-state index contributed by atoms with van der Waals surface area (Å²) in [6.07, 6.45) is 0. The minimum Gasteiger partial charge on any atom is -0.399 e. The zero-order chi connectivity index (χ0) is 10.8. The highest BCUT2D eigenvalue weighted by Crippen LogP contribution is 2.16. The van der Waals surface area contributed by atoms with Crippen LogP contribution in [0.1, 0.15) is 5.56 Å². The lowest BCUT2D eigenvalue weighted by Gasteiger charge is -2.07. The molecular weight excluding hydrogens is 202 g/mol. The maximum atomic E-state index is 11.1. The maximum Gasteiger partial charge on any atom is 0.298 e. The van der Waals surface area contributed by atoms with Crippen molar-refractivity contribution in [1.29, 1.82) is 0 Å². The topological polar surface area (TPSA) is 84.2 Å². The molecule has 0 bridgehead atoms. The summed E-state index contributed by atoms with van der Waals surface area (Å²) in [5.74, 6) is 0. The number of nitrogen functional groups attached to an aromatic ring is 1. The number of hydrogen-bond acceptors (Lipinski definition) is 3. The van der Waals surface area contributed by atoms with Gasteiger partial charge in [0.2, 0.25) is 0 Å². The maximum absolute atomic E-state index is 11.1. The molecule has 0 spiro atoms. The van der Waals surface area contributed by atoms with Crippen LogP contribution in [0.25, 0.3) is 0 Å². The molecule has 0 saturated carbocycles. The van der Waals surface area contributed by atoms with Crippen molar-refractivity contribution in [2.45, 2.75) is 6.92 Å². The molecule has 14 heavy (non-hydrogen) atoms. The van der Waals surface area contributed by atoms with Gasteiger partial charge in [0.15, 0.2) is 0 Å². The van der Waals surface area contributed by atoms with Crippen LogP contribution in [0.2, 0.25) is 0 Å². The fourth-order valence-corrected chi connectivity index (χ4v) is 1.48. The summed E-state index contributed by atoms with van der Waals surface area (Å²) in [5.41, 5.74) is 7.55. The molecule has 4 N–H and O–H groups in total. The quantitative estimate of drug-likeness (QED) is 0.640. The van der Waals surface area contributed by atoms with E-state index in [1.165, 1.54) is 7.05 Å². The van der Waals surface area contributed by atoms with Gasteiger partial charge < -0.3 is 5.73 Å². The van der Waals surface area contributed by atoms with Gasteiger partial charge in [-0.15, -0.1) is 0 Å². The van der Waals surface area contributed by atoms with Crippen molar-refractivity contribution in [3.8, 4) is 0 Å². The lowest BCUT2D eigenvalue weighted by molar-refractivity contribution is 0.593. The molecular formula is C8H13N3O2S. The second-order valence-corrected chi connectivity index (χ2v) is 4.50. The van der Waals surface area contributed by atoms with Gasteiger partial charge in [-0.25, -0.2) is 4.72 Å². The Balaban J connectivity index is 2.94. The van der Waals surface area contributed by atoms with Crippen LogP contribution in [0, 0.1) is 6.92 Å². The number of rotatable bonds is 3. The third-order valence-electron chi connectivity index (χ3n) is 1.79. The minimum atomic E-state index is -3.44. The van der Waals surface area contributed by atoms with Crippen molar-refractivity contribution in [1.82, 2.24) is 4.72 Å². The number of hydrogen-bond donors (Lipinski definition) is 3. The molecule has 0 atom stereocenters. The number of aryl methyl sites for hydroxylation is 1. The zero-order valence-corrected chi connectivity index (χ0v) is 8.85. The number of anilines is 2. The molecule has 78 valence electrons. The van der Waals surface area contributed by atoms with Gasteiger partial charge in [0.25, 0.3) is 10.2 Å². The Bertz CT molecular complexity index is 428. The second-order valence-electron chi connectivity index (χ2n) is 2.88. The summed E-state index contributed by atoms with van der Waals surface area (Å²) in [6, 6.07) is 4.93. The molecule has 0 amide bonds. The highest BCUT2D eigenvalue weighted by Gasteiger charge is 2.06. The predicted molar refractivity (Wildman–Crippen MR) is 57.2 cm³/mol. The minimum absolute atomic E-state index is 0.492. The van der Waals surface area contributed by atoms with Gasteiger partial charge in [-0.3, -0.25) is 4.72 Å². The SMILES string of the molecule is CNS(=O)(=O)Nc1ccc(N)c(C)c1. The van der Waals surface area contributed by atoms with Crippen molar-refractivity contribution in [2.24, 2.45) is 0 Å². The first kappa shape index (κ1) is 10.8. The standard InChI is InChI=1S/C8H13N3O2S/c1-6-5-7(3-4-8(6)9)11-14(12,13)10-2/h3-5,10-11H,9H2,1-2H3. The smallest absolute Gasteiger partial charge is 0.298 e. The molecule has 0 radical (unpaired) electrons. The molecule has 0 aliphatic heterocycles. The number of benzene rings is 1. The Hall–Kier alpha value is -1.27. The lowest BCUT2D eigenvalue weighted by Crippen LogP contribution is -2.26. The molecule has 0 heterocycles. The van der Waals surface area contributed by atoms with E-state index < -0.39 is 10.2 Å². The molecule has 0 saturated heterocycles. The average molecular weight is 215 g/mol. The molecule has 0 aromatic heterocycles. The van der Waals surface area contributed by atoms with Crippen molar-refractivity contribution in [3.05, 3.63) is 23.8 Å².